The third kappa shape index (κ3) is 2.12. The first-order valence-electron chi connectivity index (χ1n) is 6.52. The normalized spacial score (nSPS) is 18.2. The van der Waals surface area contributed by atoms with Gasteiger partial charge in [0, 0.05) is 10.7 Å². The van der Waals surface area contributed by atoms with Crippen molar-refractivity contribution in [1.82, 2.24) is 5.32 Å². The van der Waals surface area contributed by atoms with Gasteiger partial charge in [0.05, 0.1) is 0 Å². The maximum atomic E-state index is 3.51. The lowest BCUT2D eigenvalue weighted by molar-refractivity contribution is 0.266. The second kappa shape index (κ2) is 4.79. The standard InChI is InChI=1S/C15H19NS/c1-16-14(10-11-4-2-5-11)13-7-3-6-12-8-9-17-15(12)13/h3,6-9,11,14,16H,2,4-5,10H2,1H3. The van der Waals surface area contributed by atoms with Crippen LogP contribution in [-0.4, -0.2) is 7.05 Å². The van der Waals surface area contributed by atoms with E-state index in [-0.39, 0.29) is 0 Å². The van der Waals surface area contributed by atoms with Gasteiger partial charge in [-0.1, -0.05) is 37.5 Å². The highest BCUT2D eigenvalue weighted by Gasteiger charge is 2.23. The first kappa shape index (κ1) is 11.2. The van der Waals surface area contributed by atoms with Crippen LogP contribution in [0.1, 0.15) is 37.3 Å². The molecule has 1 aliphatic rings. The Labute approximate surface area is 107 Å². The van der Waals surface area contributed by atoms with Crippen molar-refractivity contribution in [2.24, 2.45) is 5.92 Å². The van der Waals surface area contributed by atoms with E-state index in [0.29, 0.717) is 6.04 Å². The minimum atomic E-state index is 0.530. The molecule has 1 heterocycles. The van der Waals surface area contributed by atoms with Crippen LogP contribution in [0.4, 0.5) is 0 Å². The molecule has 1 aromatic heterocycles. The van der Waals surface area contributed by atoms with Gasteiger partial charge in [-0.15, -0.1) is 11.3 Å². The van der Waals surface area contributed by atoms with Crippen LogP contribution < -0.4 is 5.32 Å². The quantitative estimate of drug-likeness (QED) is 0.844. The average molecular weight is 245 g/mol. The molecule has 0 amide bonds. The molecule has 1 atom stereocenters. The highest BCUT2D eigenvalue weighted by Crippen LogP contribution is 2.37. The third-order valence-corrected chi connectivity index (χ3v) is 5.01. The largest absolute Gasteiger partial charge is 0.313 e. The monoisotopic (exact) mass is 245 g/mol. The average Bonchev–Trinajstić information content (AvgIpc) is 2.76. The Balaban J connectivity index is 1.91. The molecule has 90 valence electrons. The van der Waals surface area contributed by atoms with Crippen molar-refractivity contribution >= 4 is 21.4 Å². The summed E-state index contributed by atoms with van der Waals surface area (Å²) in [5, 5.41) is 7.09. The number of fused-ring (bicyclic) bond motifs is 1. The minimum absolute atomic E-state index is 0.530. The van der Waals surface area contributed by atoms with Crippen molar-refractivity contribution in [3.05, 3.63) is 35.2 Å². The molecule has 0 spiro atoms. The van der Waals surface area contributed by atoms with Gasteiger partial charge in [-0.25, -0.2) is 0 Å². The van der Waals surface area contributed by atoms with Crippen LogP contribution in [0.5, 0.6) is 0 Å². The first-order chi connectivity index (χ1) is 8.38. The fourth-order valence-corrected chi connectivity index (χ4v) is 3.72. The van der Waals surface area contributed by atoms with E-state index in [4.69, 9.17) is 0 Å². The van der Waals surface area contributed by atoms with Crippen molar-refractivity contribution in [2.75, 3.05) is 7.05 Å². The summed E-state index contributed by atoms with van der Waals surface area (Å²) in [6, 6.07) is 9.45. The van der Waals surface area contributed by atoms with Gasteiger partial charge < -0.3 is 5.32 Å². The van der Waals surface area contributed by atoms with Crippen molar-refractivity contribution in [3.8, 4) is 0 Å². The fourth-order valence-electron chi connectivity index (χ4n) is 2.75. The second-order valence-corrected chi connectivity index (χ2v) is 5.98. The van der Waals surface area contributed by atoms with E-state index in [1.165, 1.54) is 41.3 Å². The van der Waals surface area contributed by atoms with Crippen molar-refractivity contribution in [3.63, 3.8) is 0 Å². The zero-order chi connectivity index (χ0) is 11.7. The summed E-state index contributed by atoms with van der Waals surface area (Å²) in [6.45, 7) is 0. The molecular weight excluding hydrogens is 226 g/mol. The molecule has 1 aliphatic carbocycles. The number of hydrogen-bond donors (Lipinski definition) is 1. The topological polar surface area (TPSA) is 12.0 Å². The fraction of sp³-hybridized carbons (Fsp3) is 0.467. The number of hydrogen-bond acceptors (Lipinski definition) is 2. The van der Waals surface area contributed by atoms with E-state index in [0.717, 1.165) is 5.92 Å². The SMILES string of the molecule is CNC(CC1CCC1)c1cccc2ccsc12. The molecular formula is C15H19NS. The van der Waals surface area contributed by atoms with Crippen LogP contribution in [0.15, 0.2) is 29.6 Å². The Bertz CT molecular complexity index is 498. The summed E-state index contributed by atoms with van der Waals surface area (Å²) in [4.78, 5) is 0. The number of nitrogens with one attached hydrogen (secondary N) is 1. The second-order valence-electron chi connectivity index (χ2n) is 5.06. The first-order valence-corrected chi connectivity index (χ1v) is 7.40. The lowest BCUT2D eigenvalue weighted by atomic mass is 9.79. The van der Waals surface area contributed by atoms with E-state index in [1.807, 2.05) is 11.3 Å². The van der Waals surface area contributed by atoms with Crippen molar-refractivity contribution in [2.45, 2.75) is 31.7 Å². The molecule has 1 aromatic carbocycles. The maximum absolute atomic E-state index is 3.51. The number of thiophene rings is 1. The molecule has 0 saturated heterocycles. The summed E-state index contributed by atoms with van der Waals surface area (Å²) < 4.78 is 1.46. The summed E-state index contributed by atoms with van der Waals surface area (Å²) >= 11 is 1.87. The molecule has 2 heteroatoms. The third-order valence-electron chi connectivity index (χ3n) is 4.03. The Hall–Kier alpha value is -0.860. The lowest BCUT2D eigenvalue weighted by Gasteiger charge is -2.30. The zero-order valence-corrected chi connectivity index (χ0v) is 11.1. The van der Waals surface area contributed by atoms with E-state index in [9.17, 15) is 0 Å². The Morgan fingerprint density at radius 2 is 2.24 bits per heavy atom. The van der Waals surface area contributed by atoms with E-state index in [2.05, 4.69) is 42.0 Å². The van der Waals surface area contributed by atoms with Gasteiger partial charge in [-0.2, -0.15) is 0 Å². The minimum Gasteiger partial charge on any atom is -0.313 e. The number of benzene rings is 1. The van der Waals surface area contributed by atoms with Gasteiger partial charge in [0.25, 0.3) is 0 Å². The van der Waals surface area contributed by atoms with Crippen LogP contribution >= 0.6 is 11.3 Å². The molecule has 17 heavy (non-hydrogen) atoms. The molecule has 2 aromatic rings. The molecule has 1 fully saturated rings. The Kier molecular flexibility index (Phi) is 3.17. The summed E-state index contributed by atoms with van der Waals surface area (Å²) in [6.07, 6.45) is 5.59. The Morgan fingerprint density at radius 3 is 2.94 bits per heavy atom. The molecule has 1 nitrogen and oxygen atoms in total. The van der Waals surface area contributed by atoms with Crippen LogP contribution in [0.2, 0.25) is 0 Å². The van der Waals surface area contributed by atoms with Gasteiger partial charge in [0.15, 0.2) is 0 Å². The predicted molar refractivity (Wildman–Crippen MR) is 75.6 cm³/mol. The molecule has 0 aliphatic heterocycles. The van der Waals surface area contributed by atoms with Gasteiger partial charge in [-0.05, 0) is 41.8 Å². The molecule has 0 radical (unpaired) electrons. The highest BCUT2D eigenvalue weighted by molar-refractivity contribution is 7.17. The van der Waals surface area contributed by atoms with Gasteiger partial charge in [0.1, 0.15) is 0 Å². The highest BCUT2D eigenvalue weighted by atomic mass is 32.1. The van der Waals surface area contributed by atoms with Crippen molar-refractivity contribution in [1.29, 1.82) is 0 Å². The molecule has 1 unspecified atom stereocenters. The van der Waals surface area contributed by atoms with E-state index >= 15 is 0 Å². The smallest absolute Gasteiger partial charge is 0.0390 e. The predicted octanol–water partition coefficient (Wildman–Crippen LogP) is 4.35. The summed E-state index contributed by atoms with van der Waals surface area (Å²) in [7, 11) is 2.09. The molecule has 0 bridgehead atoms. The zero-order valence-electron chi connectivity index (χ0n) is 10.3. The maximum Gasteiger partial charge on any atom is 0.0390 e. The van der Waals surface area contributed by atoms with Crippen LogP contribution in [0.25, 0.3) is 10.1 Å². The Morgan fingerprint density at radius 1 is 1.35 bits per heavy atom. The van der Waals surface area contributed by atoms with Crippen molar-refractivity contribution < 1.29 is 0 Å². The molecule has 3 rings (SSSR count). The molecule has 1 saturated carbocycles. The van der Waals surface area contributed by atoms with E-state index in [1.54, 1.807) is 0 Å². The molecule has 1 N–H and O–H groups in total. The lowest BCUT2D eigenvalue weighted by Crippen LogP contribution is -2.23. The van der Waals surface area contributed by atoms with Crippen LogP contribution in [-0.2, 0) is 0 Å². The van der Waals surface area contributed by atoms with Crippen LogP contribution in [0.3, 0.4) is 0 Å². The van der Waals surface area contributed by atoms with Gasteiger partial charge >= 0.3 is 0 Å². The number of rotatable bonds is 4. The van der Waals surface area contributed by atoms with Gasteiger partial charge in [-0.3, -0.25) is 0 Å². The van der Waals surface area contributed by atoms with Crippen LogP contribution in [0, 0.1) is 5.92 Å². The van der Waals surface area contributed by atoms with E-state index < -0.39 is 0 Å². The summed E-state index contributed by atoms with van der Waals surface area (Å²) in [5.41, 5.74) is 1.49. The van der Waals surface area contributed by atoms with Gasteiger partial charge in [0.2, 0.25) is 0 Å². The summed E-state index contributed by atoms with van der Waals surface area (Å²) in [5.74, 6) is 0.947.